The Morgan fingerprint density at radius 3 is 2.29 bits per heavy atom. The van der Waals surface area contributed by atoms with Crippen LogP contribution in [-0.2, 0) is 4.79 Å². The van der Waals surface area contributed by atoms with Crippen LogP contribution >= 0.6 is 11.6 Å². The number of allylic oxidation sites excluding steroid dienone is 3. The molecule has 0 bridgehead atoms. The van der Waals surface area contributed by atoms with Crippen LogP contribution in [0.15, 0.2) is 23.8 Å². The maximum Gasteiger partial charge on any atom is 0.142 e. The lowest BCUT2D eigenvalue weighted by molar-refractivity contribution is -0.104. The van der Waals surface area contributed by atoms with E-state index in [2.05, 4.69) is 0 Å². The molecule has 38 valence electrons. The van der Waals surface area contributed by atoms with Crippen LogP contribution in [0.3, 0.4) is 0 Å². The number of aldehydes is 1. The third kappa shape index (κ3) is 5.44. The van der Waals surface area contributed by atoms with Crippen LogP contribution in [0.2, 0.25) is 0 Å². The Kier molecular flexibility index (Phi) is 5.00. The molecule has 7 heavy (non-hydrogen) atoms. The Hall–Kier alpha value is -0.560. The van der Waals surface area contributed by atoms with E-state index in [4.69, 9.17) is 11.6 Å². The van der Waals surface area contributed by atoms with Crippen molar-refractivity contribution in [2.24, 2.45) is 0 Å². The van der Waals surface area contributed by atoms with Gasteiger partial charge in [-0.15, -0.1) is 0 Å². The lowest BCUT2D eigenvalue weighted by atomic mass is 10.5. The first kappa shape index (κ1) is 6.44. The second kappa shape index (κ2) is 5.44. The summed E-state index contributed by atoms with van der Waals surface area (Å²) in [5.41, 5.74) is 1.33. The van der Waals surface area contributed by atoms with E-state index in [9.17, 15) is 4.79 Å². The Morgan fingerprint density at radius 1 is 1.14 bits per heavy atom. The fourth-order valence-electron chi connectivity index (χ4n) is 0.152. The lowest BCUT2D eigenvalue weighted by Crippen LogP contribution is -1.53. The zero-order valence-electron chi connectivity index (χ0n) is 3.67. The van der Waals surface area contributed by atoms with Gasteiger partial charge in [-0.05, 0) is 6.08 Å². The molecule has 0 atom stereocenters. The molecule has 0 spiro atoms. The molecule has 0 aromatic heterocycles. The van der Waals surface area contributed by atoms with Gasteiger partial charge >= 0.3 is 0 Å². The normalized spacial score (nSPS) is 11.0. The zero-order valence-corrected chi connectivity index (χ0v) is 4.43. The molecule has 0 aromatic rings. The van der Waals surface area contributed by atoms with E-state index in [-0.39, 0.29) is 0 Å². The van der Waals surface area contributed by atoms with E-state index < -0.39 is 0 Å². The van der Waals surface area contributed by atoms with E-state index in [0.29, 0.717) is 6.29 Å². The van der Waals surface area contributed by atoms with Crippen LogP contribution in [0.5, 0.6) is 0 Å². The highest BCUT2D eigenvalue weighted by Crippen LogP contribution is 1.77. The van der Waals surface area contributed by atoms with Gasteiger partial charge in [0.1, 0.15) is 6.29 Å². The third-order valence-corrected chi connectivity index (χ3v) is 0.519. The van der Waals surface area contributed by atoms with Crippen molar-refractivity contribution < 1.29 is 4.79 Å². The molecule has 0 aliphatic rings. The van der Waals surface area contributed by atoms with E-state index in [1.54, 1.807) is 12.2 Å². The number of hydrogen-bond donors (Lipinski definition) is 0. The Labute approximate surface area is 47.3 Å². The monoisotopic (exact) mass is 116 g/mol. The Balaban J connectivity index is 3.27. The van der Waals surface area contributed by atoms with Gasteiger partial charge in [-0.1, -0.05) is 23.8 Å². The molecule has 0 radical (unpaired) electrons. The highest BCUT2D eigenvalue weighted by Gasteiger charge is 1.56. The van der Waals surface area contributed by atoms with Gasteiger partial charge in [-0.2, -0.15) is 0 Å². The highest BCUT2D eigenvalue weighted by atomic mass is 35.5. The average molecular weight is 117 g/mol. The van der Waals surface area contributed by atoms with Gasteiger partial charge in [0.15, 0.2) is 0 Å². The van der Waals surface area contributed by atoms with Gasteiger partial charge in [-0.3, -0.25) is 4.79 Å². The summed E-state index contributed by atoms with van der Waals surface area (Å²) in [6, 6.07) is 0. The zero-order chi connectivity index (χ0) is 5.54. The van der Waals surface area contributed by atoms with Crippen molar-refractivity contribution in [3.63, 3.8) is 0 Å². The van der Waals surface area contributed by atoms with Crippen molar-refractivity contribution in [2.75, 3.05) is 0 Å². The topological polar surface area (TPSA) is 17.1 Å². The molecular formula is C5H5ClO. The fourth-order valence-corrected chi connectivity index (χ4v) is 0.235. The first-order chi connectivity index (χ1) is 3.41. The SMILES string of the molecule is O=CC=CC=CCl. The van der Waals surface area contributed by atoms with Crippen LogP contribution in [0.25, 0.3) is 0 Å². The summed E-state index contributed by atoms with van der Waals surface area (Å²) in [5, 5.41) is 0. The van der Waals surface area contributed by atoms with Crippen LogP contribution in [-0.4, -0.2) is 6.29 Å². The predicted octanol–water partition coefficient (Wildman–Crippen LogP) is 1.49. The standard InChI is InChI=1S/C5H5ClO/c6-4-2-1-3-5-7/h1-5H. The summed E-state index contributed by atoms with van der Waals surface area (Å²) in [5.74, 6) is 0. The molecule has 0 aromatic carbocycles. The minimum atomic E-state index is 0.691. The van der Waals surface area contributed by atoms with Crippen LogP contribution in [0.4, 0.5) is 0 Å². The van der Waals surface area contributed by atoms with Gasteiger partial charge in [-0.25, -0.2) is 0 Å². The summed E-state index contributed by atoms with van der Waals surface area (Å²) in [6.45, 7) is 0. The van der Waals surface area contributed by atoms with Crippen molar-refractivity contribution >= 4 is 17.9 Å². The quantitative estimate of drug-likeness (QED) is 0.304. The summed E-state index contributed by atoms with van der Waals surface area (Å²) < 4.78 is 0. The Morgan fingerprint density at radius 2 is 1.86 bits per heavy atom. The smallest absolute Gasteiger partial charge is 0.142 e. The molecule has 0 amide bonds. The average Bonchev–Trinajstić information content (AvgIpc) is 1.69. The van der Waals surface area contributed by atoms with Crippen molar-refractivity contribution in [2.45, 2.75) is 0 Å². The molecule has 0 unspecified atom stereocenters. The van der Waals surface area contributed by atoms with Crippen LogP contribution in [0, 0.1) is 0 Å². The number of carbonyl (C=O) groups is 1. The minimum absolute atomic E-state index is 0.691. The molecule has 0 saturated carbocycles. The molecule has 0 N–H and O–H groups in total. The van der Waals surface area contributed by atoms with Crippen LogP contribution < -0.4 is 0 Å². The van der Waals surface area contributed by atoms with Crippen molar-refractivity contribution in [1.82, 2.24) is 0 Å². The van der Waals surface area contributed by atoms with Crippen molar-refractivity contribution in [3.8, 4) is 0 Å². The molecule has 0 heterocycles. The number of carbonyl (C=O) groups excluding carboxylic acids is 1. The van der Waals surface area contributed by atoms with Gasteiger partial charge in [0, 0.05) is 5.54 Å². The van der Waals surface area contributed by atoms with Crippen molar-refractivity contribution in [1.29, 1.82) is 0 Å². The van der Waals surface area contributed by atoms with Crippen LogP contribution in [0.1, 0.15) is 0 Å². The van der Waals surface area contributed by atoms with Gasteiger partial charge in [0.05, 0.1) is 0 Å². The molecular weight excluding hydrogens is 112 g/mol. The number of hydrogen-bond acceptors (Lipinski definition) is 1. The highest BCUT2D eigenvalue weighted by molar-refractivity contribution is 6.25. The fraction of sp³-hybridized carbons (Fsp3) is 0. The first-order valence-electron chi connectivity index (χ1n) is 1.79. The molecule has 0 aliphatic heterocycles. The summed E-state index contributed by atoms with van der Waals surface area (Å²) >= 11 is 5.09. The van der Waals surface area contributed by atoms with E-state index in [1.165, 1.54) is 11.6 Å². The summed E-state index contributed by atoms with van der Waals surface area (Å²) in [7, 11) is 0. The maximum atomic E-state index is 9.52. The third-order valence-electron chi connectivity index (χ3n) is 0.374. The number of halogens is 1. The molecule has 0 aliphatic carbocycles. The largest absolute Gasteiger partial charge is 0.299 e. The minimum Gasteiger partial charge on any atom is -0.299 e. The van der Waals surface area contributed by atoms with Gasteiger partial charge in [0.25, 0.3) is 0 Å². The van der Waals surface area contributed by atoms with Crippen molar-refractivity contribution in [3.05, 3.63) is 23.8 Å². The second-order valence-electron chi connectivity index (χ2n) is 0.839. The first-order valence-corrected chi connectivity index (χ1v) is 2.22. The molecule has 0 fully saturated rings. The molecule has 1 nitrogen and oxygen atoms in total. The van der Waals surface area contributed by atoms with Gasteiger partial charge in [0.2, 0.25) is 0 Å². The van der Waals surface area contributed by atoms with E-state index in [1.807, 2.05) is 0 Å². The Bertz CT molecular complexity index is 94.3. The molecule has 2 heteroatoms. The number of rotatable bonds is 2. The van der Waals surface area contributed by atoms with Gasteiger partial charge < -0.3 is 0 Å². The van der Waals surface area contributed by atoms with E-state index >= 15 is 0 Å². The predicted molar refractivity (Wildman–Crippen MR) is 30.2 cm³/mol. The van der Waals surface area contributed by atoms with E-state index in [0.717, 1.165) is 0 Å². The molecule has 0 saturated heterocycles. The maximum absolute atomic E-state index is 9.52. The summed E-state index contributed by atoms with van der Waals surface area (Å²) in [4.78, 5) is 9.52. The lowest BCUT2D eigenvalue weighted by Gasteiger charge is -1.61. The summed E-state index contributed by atoms with van der Waals surface area (Å²) in [6.07, 6.45) is 5.17. The second-order valence-corrected chi connectivity index (χ2v) is 1.09. The molecule has 0 rings (SSSR count).